The number of hydrogen-bond acceptors (Lipinski definition) is 3. The fourth-order valence-corrected chi connectivity index (χ4v) is 1.85. The Morgan fingerprint density at radius 2 is 2.11 bits per heavy atom. The zero-order valence-electron chi connectivity index (χ0n) is 8.71. The van der Waals surface area contributed by atoms with Crippen molar-refractivity contribution in [3.05, 3.63) is 33.8 Å². The lowest BCUT2D eigenvalue weighted by atomic mass is 10.1. The maximum Gasteiger partial charge on any atom is 0.428 e. The van der Waals surface area contributed by atoms with Gasteiger partial charge in [-0.1, -0.05) is 22.0 Å². The predicted octanol–water partition coefficient (Wildman–Crippen LogP) is 2.91. The lowest BCUT2D eigenvalue weighted by Crippen LogP contribution is -2.30. The number of nitrogens with one attached hydrogen (secondary N) is 1. The van der Waals surface area contributed by atoms with Gasteiger partial charge >= 0.3 is 12.3 Å². The minimum Gasteiger partial charge on any atom is -0.442 e. The van der Waals surface area contributed by atoms with Crippen LogP contribution in [0.5, 0.6) is 0 Å². The third kappa shape index (κ3) is 2.63. The Balaban J connectivity index is 2.39. The maximum absolute atomic E-state index is 12.7. The average Bonchev–Trinajstić information content (AvgIpc) is 2.29. The highest BCUT2D eigenvalue weighted by Gasteiger charge is 2.33. The lowest BCUT2D eigenvalue weighted by molar-refractivity contribution is -0.138. The molecule has 0 saturated heterocycles. The second-order valence-electron chi connectivity index (χ2n) is 3.44. The Morgan fingerprint density at radius 3 is 2.67 bits per heavy atom. The summed E-state index contributed by atoms with van der Waals surface area (Å²) < 4.78 is 42.6. The predicted molar refractivity (Wildman–Crippen MR) is 60.2 cm³/mol. The van der Waals surface area contributed by atoms with E-state index in [0.29, 0.717) is 0 Å². The van der Waals surface area contributed by atoms with E-state index < -0.39 is 17.8 Å². The fourth-order valence-electron chi connectivity index (χ4n) is 1.38. The number of halogens is 4. The van der Waals surface area contributed by atoms with Crippen LogP contribution in [-0.2, 0) is 10.9 Å². The largest absolute Gasteiger partial charge is 0.442 e. The third-order valence-electron chi connectivity index (χ3n) is 2.23. The first-order valence-corrected chi connectivity index (χ1v) is 5.53. The van der Waals surface area contributed by atoms with E-state index in [1.54, 1.807) is 0 Å². The second-order valence-corrected chi connectivity index (χ2v) is 4.29. The number of cyclic esters (lactones) is 1. The monoisotopic (exact) mass is 322 g/mol. The second kappa shape index (κ2) is 4.60. The van der Waals surface area contributed by atoms with E-state index in [9.17, 15) is 18.0 Å². The lowest BCUT2D eigenvalue weighted by Gasteiger charge is -2.15. The van der Waals surface area contributed by atoms with Crippen molar-refractivity contribution in [2.24, 2.45) is 5.10 Å². The van der Waals surface area contributed by atoms with Gasteiger partial charge in [0.1, 0.15) is 12.3 Å². The number of carbonyl (C=O) groups is 1. The van der Waals surface area contributed by atoms with Crippen molar-refractivity contribution >= 4 is 27.7 Å². The number of carbonyl (C=O) groups excluding carboxylic acids is 1. The summed E-state index contributed by atoms with van der Waals surface area (Å²) in [6.45, 7) is -0.162. The van der Waals surface area contributed by atoms with E-state index >= 15 is 0 Å². The number of alkyl halides is 3. The molecule has 1 amide bonds. The van der Waals surface area contributed by atoms with Gasteiger partial charge in [-0.05, 0) is 12.1 Å². The summed E-state index contributed by atoms with van der Waals surface area (Å²) in [6, 6.07) is 3.68. The first-order chi connectivity index (χ1) is 8.38. The SMILES string of the molecule is O=C1NN=C(c2ccc(Br)c(C(F)(F)F)c2)CO1. The summed E-state index contributed by atoms with van der Waals surface area (Å²) in [6.07, 6.45) is -5.19. The molecular weight excluding hydrogens is 317 g/mol. The van der Waals surface area contributed by atoms with Crippen LogP contribution in [0, 0.1) is 0 Å². The van der Waals surface area contributed by atoms with Crippen LogP contribution in [0.2, 0.25) is 0 Å². The van der Waals surface area contributed by atoms with Crippen LogP contribution in [0.1, 0.15) is 11.1 Å². The van der Waals surface area contributed by atoms with Gasteiger partial charge in [-0.25, -0.2) is 10.2 Å². The van der Waals surface area contributed by atoms with E-state index in [4.69, 9.17) is 0 Å². The van der Waals surface area contributed by atoms with Crippen molar-refractivity contribution in [2.75, 3.05) is 6.61 Å². The van der Waals surface area contributed by atoms with Crippen molar-refractivity contribution in [3.8, 4) is 0 Å². The summed E-state index contributed by atoms with van der Waals surface area (Å²) in [5, 5.41) is 3.64. The van der Waals surface area contributed by atoms with Gasteiger partial charge in [0, 0.05) is 10.0 Å². The first kappa shape index (κ1) is 12.9. The van der Waals surface area contributed by atoms with Crippen molar-refractivity contribution < 1.29 is 22.7 Å². The zero-order valence-corrected chi connectivity index (χ0v) is 10.3. The smallest absolute Gasteiger partial charge is 0.428 e. The van der Waals surface area contributed by atoms with Crippen LogP contribution in [0.15, 0.2) is 27.8 Å². The third-order valence-corrected chi connectivity index (χ3v) is 2.92. The molecule has 1 N–H and O–H groups in total. The molecule has 1 aliphatic rings. The molecule has 2 rings (SSSR count). The Bertz CT molecular complexity index is 528. The van der Waals surface area contributed by atoms with Gasteiger partial charge in [0.05, 0.1) is 5.56 Å². The number of ether oxygens (including phenoxy) is 1. The van der Waals surface area contributed by atoms with Crippen molar-refractivity contribution in [3.63, 3.8) is 0 Å². The Hall–Kier alpha value is -1.57. The molecule has 0 fully saturated rings. The summed E-state index contributed by atoms with van der Waals surface area (Å²) in [5.41, 5.74) is 1.70. The van der Waals surface area contributed by atoms with Gasteiger partial charge in [0.15, 0.2) is 0 Å². The molecule has 1 heterocycles. The van der Waals surface area contributed by atoms with Crippen LogP contribution in [0.4, 0.5) is 18.0 Å². The van der Waals surface area contributed by atoms with Crippen LogP contribution < -0.4 is 5.43 Å². The normalized spacial score (nSPS) is 15.8. The molecule has 0 atom stereocenters. The van der Waals surface area contributed by atoms with E-state index in [1.807, 2.05) is 5.43 Å². The molecule has 1 aromatic rings. The van der Waals surface area contributed by atoms with Crippen LogP contribution in [-0.4, -0.2) is 18.4 Å². The summed E-state index contributed by atoms with van der Waals surface area (Å²) in [7, 11) is 0. The number of benzene rings is 1. The van der Waals surface area contributed by atoms with Gasteiger partial charge in [0.2, 0.25) is 0 Å². The van der Waals surface area contributed by atoms with Crippen LogP contribution >= 0.6 is 15.9 Å². The summed E-state index contributed by atoms with van der Waals surface area (Å²) >= 11 is 2.84. The zero-order chi connectivity index (χ0) is 13.3. The molecule has 1 aromatic carbocycles. The first-order valence-electron chi connectivity index (χ1n) is 4.74. The minimum atomic E-state index is -4.46. The molecule has 0 bridgehead atoms. The van der Waals surface area contributed by atoms with E-state index in [1.165, 1.54) is 12.1 Å². The number of hydrogen-bond donors (Lipinski definition) is 1. The molecule has 0 radical (unpaired) electrons. The molecular formula is C10H6BrF3N2O2. The van der Waals surface area contributed by atoms with Crippen LogP contribution in [0.25, 0.3) is 0 Å². The molecule has 0 spiro atoms. The summed E-state index contributed by atoms with van der Waals surface area (Å²) in [4.78, 5) is 10.7. The fraction of sp³-hybridized carbons (Fsp3) is 0.200. The molecule has 8 heteroatoms. The van der Waals surface area contributed by atoms with Crippen molar-refractivity contribution in [1.29, 1.82) is 0 Å². The Morgan fingerprint density at radius 1 is 1.39 bits per heavy atom. The van der Waals surface area contributed by atoms with Gasteiger partial charge in [-0.15, -0.1) is 0 Å². The Labute approximate surface area is 108 Å². The van der Waals surface area contributed by atoms with E-state index in [0.717, 1.165) is 6.07 Å². The summed E-state index contributed by atoms with van der Waals surface area (Å²) in [5.74, 6) is 0. The number of hydrazone groups is 1. The number of nitrogens with zero attached hydrogens (tertiary/aromatic N) is 1. The average molecular weight is 323 g/mol. The van der Waals surface area contributed by atoms with Crippen LogP contribution in [0.3, 0.4) is 0 Å². The van der Waals surface area contributed by atoms with Gasteiger partial charge in [0.25, 0.3) is 0 Å². The Kier molecular flexibility index (Phi) is 3.29. The van der Waals surface area contributed by atoms with Crippen molar-refractivity contribution in [2.45, 2.75) is 6.18 Å². The molecule has 0 unspecified atom stereocenters. The highest BCUT2D eigenvalue weighted by Crippen LogP contribution is 2.35. The van der Waals surface area contributed by atoms with Gasteiger partial charge in [-0.2, -0.15) is 18.3 Å². The number of rotatable bonds is 1. The molecule has 96 valence electrons. The molecule has 0 aliphatic carbocycles. The molecule has 18 heavy (non-hydrogen) atoms. The topological polar surface area (TPSA) is 50.7 Å². The van der Waals surface area contributed by atoms with E-state index in [2.05, 4.69) is 25.8 Å². The highest BCUT2D eigenvalue weighted by molar-refractivity contribution is 9.10. The highest BCUT2D eigenvalue weighted by atomic mass is 79.9. The quantitative estimate of drug-likeness (QED) is 0.864. The van der Waals surface area contributed by atoms with E-state index in [-0.39, 0.29) is 22.4 Å². The molecule has 4 nitrogen and oxygen atoms in total. The molecule has 0 saturated carbocycles. The molecule has 0 aromatic heterocycles. The minimum absolute atomic E-state index is 0.0555. The standard InChI is InChI=1S/C10H6BrF3N2O2/c11-7-2-1-5(3-6(7)10(12,13)14)8-4-18-9(17)16-15-8/h1-3H,4H2,(H,16,17). The van der Waals surface area contributed by atoms with Gasteiger partial charge < -0.3 is 4.74 Å². The number of amides is 1. The van der Waals surface area contributed by atoms with Gasteiger partial charge in [-0.3, -0.25) is 0 Å². The maximum atomic E-state index is 12.7. The molecule has 1 aliphatic heterocycles. The van der Waals surface area contributed by atoms with Crippen molar-refractivity contribution in [1.82, 2.24) is 5.43 Å².